The Balaban J connectivity index is 1.99. The molecule has 1 saturated carbocycles. The van der Waals surface area contributed by atoms with Gasteiger partial charge in [-0.2, -0.15) is 0 Å². The Kier molecular flexibility index (Phi) is 4.25. The van der Waals surface area contributed by atoms with E-state index in [-0.39, 0.29) is 30.2 Å². The first-order valence-electron chi connectivity index (χ1n) is 6.24. The zero-order valence-corrected chi connectivity index (χ0v) is 10.1. The molecular weight excluding hydrogens is 235 g/mol. The summed E-state index contributed by atoms with van der Waals surface area (Å²) in [4.78, 5) is 15.7. The minimum absolute atomic E-state index is 0.0110. The highest BCUT2D eigenvalue weighted by Gasteiger charge is 2.26. The Morgan fingerprint density at radius 3 is 2.89 bits per heavy atom. The lowest BCUT2D eigenvalue weighted by molar-refractivity contribution is 0.0867. The van der Waals surface area contributed by atoms with E-state index >= 15 is 0 Å². The lowest BCUT2D eigenvalue weighted by atomic mass is 9.85. The third-order valence-electron chi connectivity index (χ3n) is 3.42. The number of nitrogens with one attached hydrogen (secondary N) is 1. The van der Waals surface area contributed by atoms with Crippen molar-refractivity contribution in [3.63, 3.8) is 0 Å². The second kappa shape index (κ2) is 5.91. The number of carbonyl (C=O) groups is 1. The van der Waals surface area contributed by atoms with Crippen molar-refractivity contribution in [2.75, 3.05) is 6.61 Å². The smallest absolute Gasteiger partial charge is 0.270 e. The van der Waals surface area contributed by atoms with Crippen LogP contribution in [0.5, 0.6) is 0 Å². The average Bonchev–Trinajstić information content (AvgIpc) is 2.40. The number of amides is 1. The number of rotatable bonds is 3. The largest absolute Gasteiger partial charge is 0.396 e. The number of hydrogen-bond acceptors (Lipinski definition) is 3. The van der Waals surface area contributed by atoms with Crippen molar-refractivity contribution in [1.29, 1.82) is 0 Å². The molecule has 5 heteroatoms. The van der Waals surface area contributed by atoms with Crippen molar-refractivity contribution in [2.45, 2.75) is 31.7 Å². The molecule has 98 valence electrons. The Bertz CT molecular complexity index is 408. The summed E-state index contributed by atoms with van der Waals surface area (Å²) in [5.41, 5.74) is 0.207. The third-order valence-corrected chi connectivity index (χ3v) is 3.42. The molecule has 4 nitrogen and oxygen atoms in total. The normalized spacial score (nSPS) is 23.7. The topological polar surface area (TPSA) is 62.2 Å². The molecule has 0 aliphatic heterocycles. The van der Waals surface area contributed by atoms with E-state index in [0.29, 0.717) is 0 Å². The van der Waals surface area contributed by atoms with Crippen LogP contribution in [0.25, 0.3) is 0 Å². The second-order valence-electron chi connectivity index (χ2n) is 4.67. The molecule has 2 atom stereocenters. The van der Waals surface area contributed by atoms with E-state index in [0.717, 1.165) is 31.9 Å². The number of aromatic nitrogens is 1. The number of hydrogen-bond donors (Lipinski definition) is 2. The van der Waals surface area contributed by atoms with E-state index in [9.17, 15) is 14.3 Å². The van der Waals surface area contributed by atoms with Crippen molar-refractivity contribution < 1.29 is 14.3 Å². The molecule has 18 heavy (non-hydrogen) atoms. The van der Waals surface area contributed by atoms with E-state index in [2.05, 4.69) is 10.3 Å². The quantitative estimate of drug-likeness (QED) is 0.857. The van der Waals surface area contributed by atoms with Crippen LogP contribution in [0, 0.1) is 11.7 Å². The molecule has 2 N–H and O–H groups in total. The summed E-state index contributed by atoms with van der Waals surface area (Å²) in [6.07, 6.45) is 4.97. The van der Waals surface area contributed by atoms with Crippen LogP contribution in [-0.4, -0.2) is 28.6 Å². The van der Waals surface area contributed by atoms with Crippen molar-refractivity contribution in [3.05, 3.63) is 29.8 Å². The van der Waals surface area contributed by atoms with Crippen LogP contribution in [0.2, 0.25) is 0 Å². The van der Waals surface area contributed by atoms with Gasteiger partial charge < -0.3 is 10.4 Å². The van der Waals surface area contributed by atoms with Crippen molar-refractivity contribution >= 4 is 5.91 Å². The summed E-state index contributed by atoms with van der Waals surface area (Å²) in [7, 11) is 0. The second-order valence-corrected chi connectivity index (χ2v) is 4.67. The SMILES string of the molecule is O=C(NC1CCCCC1CO)c1ccc(F)cn1. The van der Waals surface area contributed by atoms with Gasteiger partial charge in [-0.3, -0.25) is 4.79 Å². The van der Waals surface area contributed by atoms with E-state index < -0.39 is 5.82 Å². The summed E-state index contributed by atoms with van der Waals surface area (Å²) >= 11 is 0. The van der Waals surface area contributed by atoms with Gasteiger partial charge in [-0.25, -0.2) is 9.37 Å². The zero-order chi connectivity index (χ0) is 13.0. The van der Waals surface area contributed by atoms with Gasteiger partial charge in [0, 0.05) is 18.6 Å². The van der Waals surface area contributed by atoms with Crippen LogP contribution >= 0.6 is 0 Å². The van der Waals surface area contributed by atoms with Crippen LogP contribution in [0.4, 0.5) is 4.39 Å². The summed E-state index contributed by atoms with van der Waals surface area (Å²) < 4.78 is 12.7. The van der Waals surface area contributed by atoms with Crippen LogP contribution in [0.15, 0.2) is 18.3 Å². The predicted octanol–water partition coefficient (Wildman–Crippen LogP) is 1.50. The first-order valence-corrected chi connectivity index (χ1v) is 6.24. The van der Waals surface area contributed by atoms with Crippen molar-refractivity contribution in [1.82, 2.24) is 10.3 Å². The van der Waals surface area contributed by atoms with E-state index in [4.69, 9.17) is 0 Å². The number of aliphatic hydroxyl groups excluding tert-OH is 1. The molecule has 1 fully saturated rings. The molecule has 1 aromatic heterocycles. The fourth-order valence-corrected chi connectivity index (χ4v) is 2.37. The van der Waals surface area contributed by atoms with Gasteiger partial charge in [0.2, 0.25) is 0 Å². The zero-order valence-electron chi connectivity index (χ0n) is 10.1. The van der Waals surface area contributed by atoms with Crippen LogP contribution in [0.3, 0.4) is 0 Å². The molecule has 0 aromatic carbocycles. The van der Waals surface area contributed by atoms with E-state index in [1.807, 2.05) is 0 Å². The molecule has 2 rings (SSSR count). The molecule has 1 aliphatic carbocycles. The van der Waals surface area contributed by atoms with Crippen molar-refractivity contribution in [2.24, 2.45) is 5.92 Å². The fourth-order valence-electron chi connectivity index (χ4n) is 2.37. The molecule has 0 spiro atoms. The van der Waals surface area contributed by atoms with Gasteiger partial charge in [0.25, 0.3) is 5.91 Å². The summed E-state index contributed by atoms with van der Waals surface area (Å²) in [5.74, 6) is -0.652. The maximum absolute atomic E-state index is 12.7. The number of halogens is 1. The molecular formula is C13H17FN2O2. The van der Waals surface area contributed by atoms with E-state index in [1.165, 1.54) is 12.1 Å². The standard InChI is InChI=1S/C13H17FN2O2/c14-10-5-6-12(15-7-10)13(18)16-11-4-2-1-3-9(11)8-17/h5-7,9,11,17H,1-4,8H2,(H,16,18). The van der Waals surface area contributed by atoms with E-state index in [1.54, 1.807) is 0 Å². The van der Waals surface area contributed by atoms with Gasteiger partial charge in [-0.15, -0.1) is 0 Å². The van der Waals surface area contributed by atoms with Crippen molar-refractivity contribution in [3.8, 4) is 0 Å². The lowest BCUT2D eigenvalue weighted by Gasteiger charge is -2.30. The average molecular weight is 252 g/mol. The first kappa shape index (κ1) is 13.0. The van der Waals surface area contributed by atoms with Crippen LogP contribution < -0.4 is 5.32 Å². The van der Waals surface area contributed by atoms with Gasteiger partial charge in [-0.1, -0.05) is 12.8 Å². The molecule has 0 radical (unpaired) electrons. The Labute approximate surface area is 105 Å². The lowest BCUT2D eigenvalue weighted by Crippen LogP contribution is -2.43. The van der Waals surface area contributed by atoms with Gasteiger partial charge in [-0.05, 0) is 25.0 Å². The molecule has 1 aromatic rings. The summed E-state index contributed by atoms with van der Waals surface area (Å²) in [6, 6.07) is 2.57. The minimum Gasteiger partial charge on any atom is -0.396 e. The molecule has 0 saturated heterocycles. The van der Waals surface area contributed by atoms with Crippen LogP contribution in [-0.2, 0) is 0 Å². The fraction of sp³-hybridized carbons (Fsp3) is 0.538. The van der Waals surface area contributed by atoms with Crippen LogP contribution in [0.1, 0.15) is 36.2 Å². The Morgan fingerprint density at radius 2 is 2.22 bits per heavy atom. The van der Waals surface area contributed by atoms with Gasteiger partial charge >= 0.3 is 0 Å². The Hall–Kier alpha value is -1.49. The Morgan fingerprint density at radius 1 is 1.44 bits per heavy atom. The molecule has 1 aliphatic rings. The first-order chi connectivity index (χ1) is 8.70. The number of pyridine rings is 1. The van der Waals surface area contributed by atoms with Gasteiger partial charge in [0.15, 0.2) is 0 Å². The highest BCUT2D eigenvalue weighted by molar-refractivity contribution is 5.92. The molecule has 2 unspecified atom stereocenters. The van der Waals surface area contributed by atoms with Gasteiger partial charge in [0.05, 0.1) is 6.20 Å². The predicted molar refractivity (Wildman–Crippen MR) is 64.5 cm³/mol. The molecule has 1 amide bonds. The number of aliphatic hydroxyl groups is 1. The number of carbonyl (C=O) groups excluding carboxylic acids is 1. The third kappa shape index (κ3) is 3.04. The number of nitrogens with zero attached hydrogens (tertiary/aromatic N) is 1. The summed E-state index contributed by atoms with van der Waals surface area (Å²) in [6.45, 7) is 0.0851. The summed E-state index contributed by atoms with van der Waals surface area (Å²) in [5, 5.41) is 12.1. The molecule has 0 bridgehead atoms. The maximum atomic E-state index is 12.7. The highest BCUT2D eigenvalue weighted by atomic mass is 19.1. The monoisotopic (exact) mass is 252 g/mol. The highest BCUT2D eigenvalue weighted by Crippen LogP contribution is 2.24. The molecule has 1 heterocycles. The van der Waals surface area contributed by atoms with Gasteiger partial charge in [0.1, 0.15) is 11.5 Å². The maximum Gasteiger partial charge on any atom is 0.270 e. The minimum atomic E-state index is -0.461.